The highest BCUT2D eigenvalue weighted by Gasteiger charge is 2.20. The van der Waals surface area contributed by atoms with E-state index in [2.05, 4.69) is 47.3 Å². The van der Waals surface area contributed by atoms with Crippen LogP contribution in [0.15, 0.2) is 0 Å². The van der Waals surface area contributed by atoms with Crippen molar-refractivity contribution in [2.24, 2.45) is 0 Å². The van der Waals surface area contributed by atoms with Crippen molar-refractivity contribution in [1.29, 1.82) is 0 Å². The summed E-state index contributed by atoms with van der Waals surface area (Å²) in [6.45, 7) is 6.30. The second-order valence-electron chi connectivity index (χ2n) is 4.68. The number of ether oxygens (including phenoxy) is 2. The van der Waals surface area contributed by atoms with Crippen LogP contribution in [0, 0.1) is 0 Å². The van der Waals surface area contributed by atoms with Gasteiger partial charge >= 0.3 is 0 Å². The van der Waals surface area contributed by atoms with Crippen LogP contribution in [0.2, 0.25) is 0 Å². The lowest BCUT2D eigenvalue weighted by Gasteiger charge is -2.30. The van der Waals surface area contributed by atoms with Gasteiger partial charge < -0.3 is 19.3 Å². The summed E-state index contributed by atoms with van der Waals surface area (Å²) in [6, 6.07) is 0. The summed E-state index contributed by atoms with van der Waals surface area (Å²) >= 11 is 2.29. The number of rotatable bonds is 3. The molecule has 20 heavy (non-hydrogen) atoms. The second-order valence-corrected chi connectivity index (χ2v) is 5.45. The maximum absolute atomic E-state index is 5.38. The topological polar surface area (TPSA) is 63.6 Å². The molecule has 3 rings (SSSR count). The fourth-order valence-electron chi connectivity index (χ4n) is 2.26. The molecule has 2 saturated heterocycles. The third-order valence-corrected chi connectivity index (χ3v) is 4.05. The summed E-state index contributed by atoms with van der Waals surface area (Å²) in [5, 5.41) is 0. The van der Waals surface area contributed by atoms with Crippen molar-refractivity contribution in [1.82, 2.24) is 15.0 Å². The third-order valence-electron chi connectivity index (χ3n) is 3.37. The van der Waals surface area contributed by atoms with E-state index in [-0.39, 0.29) is 0 Å². The summed E-state index contributed by atoms with van der Waals surface area (Å²) in [7, 11) is 0. The summed E-state index contributed by atoms with van der Waals surface area (Å²) in [5.74, 6) is 2.39. The highest BCUT2D eigenvalue weighted by molar-refractivity contribution is 14.1. The molecule has 2 aliphatic rings. The van der Waals surface area contributed by atoms with Crippen LogP contribution in [0.25, 0.3) is 0 Å². The van der Waals surface area contributed by atoms with E-state index in [9.17, 15) is 0 Å². The van der Waals surface area contributed by atoms with Crippen LogP contribution in [-0.2, 0) is 13.9 Å². The van der Waals surface area contributed by atoms with Crippen LogP contribution in [-0.4, -0.2) is 67.6 Å². The van der Waals surface area contributed by atoms with Crippen molar-refractivity contribution in [2.45, 2.75) is 4.43 Å². The molecule has 110 valence electrons. The average molecular weight is 391 g/mol. The fraction of sp³-hybridized carbons (Fsp3) is 0.750. The zero-order valence-electron chi connectivity index (χ0n) is 11.3. The molecular weight excluding hydrogens is 373 g/mol. The summed E-state index contributed by atoms with van der Waals surface area (Å²) in [5.41, 5.74) is 0. The molecule has 3 heterocycles. The molecule has 0 aliphatic carbocycles. The molecule has 7 nitrogen and oxygen atoms in total. The van der Waals surface area contributed by atoms with Crippen molar-refractivity contribution in [3.63, 3.8) is 0 Å². The van der Waals surface area contributed by atoms with E-state index < -0.39 is 0 Å². The SMILES string of the molecule is ICc1nc(N2CCOCC2)nc(N2CCOCC2)n1. The van der Waals surface area contributed by atoms with E-state index in [1.807, 2.05) is 0 Å². The van der Waals surface area contributed by atoms with Gasteiger partial charge in [-0.3, -0.25) is 0 Å². The van der Waals surface area contributed by atoms with Gasteiger partial charge in [-0.25, -0.2) is 0 Å². The zero-order valence-corrected chi connectivity index (χ0v) is 13.5. The van der Waals surface area contributed by atoms with Gasteiger partial charge in [-0.1, -0.05) is 22.6 Å². The monoisotopic (exact) mass is 391 g/mol. The molecule has 0 amide bonds. The average Bonchev–Trinajstić information content (AvgIpc) is 2.56. The Morgan fingerprint density at radius 2 is 1.25 bits per heavy atom. The molecule has 1 aromatic heterocycles. The third kappa shape index (κ3) is 3.29. The molecule has 0 N–H and O–H groups in total. The molecule has 0 atom stereocenters. The molecule has 8 heteroatoms. The number of alkyl halides is 1. The largest absolute Gasteiger partial charge is 0.378 e. The molecule has 2 aliphatic heterocycles. The van der Waals surface area contributed by atoms with Gasteiger partial charge in [0.1, 0.15) is 5.82 Å². The van der Waals surface area contributed by atoms with Gasteiger partial charge in [0.25, 0.3) is 0 Å². The Kier molecular flexibility index (Phi) is 4.84. The number of morpholine rings is 2. The molecule has 0 aromatic carbocycles. The highest BCUT2D eigenvalue weighted by atomic mass is 127. The minimum atomic E-state index is 0.734. The lowest BCUT2D eigenvalue weighted by atomic mass is 10.4. The summed E-state index contributed by atoms with van der Waals surface area (Å²) in [4.78, 5) is 18.1. The van der Waals surface area contributed by atoms with Gasteiger partial charge in [0, 0.05) is 26.2 Å². The highest BCUT2D eigenvalue weighted by Crippen LogP contribution is 2.17. The minimum Gasteiger partial charge on any atom is -0.378 e. The number of halogens is 1. The summed E-state index contributed by atoms with van der Waals surface area (Å²) in [6.07, 6.45) is 0. The van der Waals surface area contributed by atoms with Gasteiger partial charge in [0.2, 0.25) is 11.9 Å². The quantitative estimate of drug-likeness (QED) is 0.549. The zero-order chi connectivity index (χ0) is 13.8. The standard InChI is InChI=1S/C12H18IN5O2/c13-9-10-14-11(17-1-5-19-6-2-17)16-12(15-10)18-3-7-20-8-4-18/h1-9H2. The van der Waals surface area contributed by atoms with E-state index in [1.165, 1.54) is 0 Å². The number of hydrogen-bond donors (Lipinski definition) is 0. The maximum atomic E-state index is 5.38. The molecule has 2 fully saturated rings. The number of anilines is 2. The summed E-state index contributed by atoms with van der Waals surface area (Å²) < 4.78 is 11.6. The first-order chi connectivity index (χ1) is 9.86. The molecular formula is C12H18IN5O2. The second kappa shape index (κ2) is 6.81. The van der Waals surface area contributed by atoms with Crippen LogP contribution in [0.1, 0.15) is 5.82 Å². The van der Waals surface area contributed by atoms with Gasteiger partial charge in [-0.05, 0) is 0 Å². The van der Waals surface area contributed by atoms with Crippen LogP contribution >= 0.6 is 22.6 Å². The Balaban J connectivity index is 1.85. The van der Waals surface area contributed by atoms with Crippen molar-refractivity contribution < 1.29 is 9.47 Å². The minimum absolute atomic E-state index is 0.734. The van der Waals surface area contributed by atoms with E-state index in [1.54, 1.807) is 0 Å². The normalized spacial score (nSPS) is 20.2. The van der Waals surface area contributed by atoms with Gasteiger partial charge in [0.15, 0.2) is 0 Å². The van der Waals surface area contributed by atoms with Crippen molar-refractivity contribution in [2.75, 3.05) is 62.4 Å². The van der Waals surface area contributed by atoms with Crippen molar-refractivity contribution in [3.8, 4) is 0 Å². The first-order valence-electron chi connectivity index (χ1n) is 6.83. The molecule has 0 saturated carbocycles. The Hall–Kier alpha value is -0.740. The molecule has 0 spiro atoms. The van der Waals surface area contributed by atoms with E-state index in [0.29, 0.717) is 0 Å². The van der Waals surface area contributed by atoms with Gasteiger partial charge in [-0.2, -0.15) is 15.0 Å². The molecule has 0 bridgehead atoms. The Morgan fingerprint density at radius 1 is 0.800 bits per heavy atom. The molecule has 1 aromatic rings. The Labute approximate surface area is 131 Å². The Morgan fingerprint density at radius 3 is 1.65 bits per heavy atom. The van der Waals surface area contributed by atoms with Crippen LogP contribution < -0.4 is 9.80 Å². The van der Waals surface area contributed by atoms with E-state index in [0.717, 1.165) is 74.8 Å². The van der Waals surface area contributed by atoms with Crippen LogP contribution in [0.3, 0.4) is 0 Å². The predicted octanol–water partition coefficient (Wildman–Crippen LogP) is 0.480. The number of hydrogen-bond acceptors (Lipinski definition) is 7. The smallest absolute Gasteiger partial charge is 0.230 e. The predicted molar refractivity (Wildman–Crippen MR) is 83.6 cm³/mol. The van der Waals surface area contributed by atoms with Crippen LogP contribution in [0.4, 0.5) is 11.9 Å². The lowest BCUT2D eigenvalue weighted by molar-refractivity contribution is 0.121. The molecule has 0 radical (unpaired) electrons. The number of nitrogens with zero attached hydrogens (tertiary/aromatic N) is 5. The van der Waals surface area contributed by atoms with Crippen molar-refractivity contribution in [3.05, 3.63) is 5.82 Å². The first-order valence-corrected chi connectivity index (χ1v) is 8.35. The maximum Gasteiger partial charge on any atom is 0.230 e. The molecule has 0 unspecified atom stereocenters. The first kappa shape index (κ1) is 14.2. The number of aromatic nitrogens is 3. The van der Waals surface area contributed by atoms with Gasteiger partial charge in [0.05, 0.1) is 30.9 Å². The van der Waals surface area contributed by atoms with E-state index >= 15 is 0 Å². The van der Waals surface area contributed by atoms with Crippen LogP contribution in [0.5, 0.6) is 0 Å². The van der Waals surface area contributed by atoms with Gasteiger partial charge in [-0.15, -0.1) is 0 Å². The fourth-order valence-corrected chi connectivity index (χ4v) is 2.61. The van der Waals surface area contributed by atoms with Crippen molar-refractivity contribution >= 4 is 34.5 Å². The lowest BCUT2D eigenvalue weighted by Crippen LogP contribution is -2.40. The Bertz CT molecular complexity index is 413. The van der Waals surface area contributed by atoms with E-state index in [4.69, 9.17) is 9.47 Å².